The largest absolute Gasteiger partial charge is 0.450 e. The number of benzene rings is 3. The Labute approximate surface area is 236 Å². The molecular weight excluding hydrogens is 508 g/mol. The molecule has 0 saturated carbocycles. The zero-order valence-electron chi connectivity index (χ0n) is 22.8. The molecule has 3 aromatic carbocycles. The summed E-state index contributed by atoms with van der Waals surface area (Å²) < 4.78 is 7.22. The number of fused-ring (bicyclic) bond motifs is 1. The molecule has 206 valence electrons. The van der Waals surface area contributed by atoms with Crippen molar-refractivity contribution in [2.24, 2.45) is 0 Å². The standard InChI is InChI=1S/C17H19N.C14H19N3O3S/c1-14-6-8-15(9-7-14)12-18-11-10-16-4-2-3-5-17(16)13-18;1-2-20-14(19)16-7-9-17(10-8-16)21-13-5-3-12(4-6-13)15-11-18/h2-9H,10-13H2,1H3;3-6,11H,2,7-10H2,1H3,(H,15,18). The molecule has 1 fully saturated rings. The quantitative estimate of drug-likeness (QED) is 0.308. The summed E-state index contributed by atoms with van der Waals surface area (Å²) in [5.74, 6) is 0. The number of carbonyl (C=O) groups excluding carboxylic acids is 2. The molecule has 3 aromatic rings. The maximum Gasteiger partial charge on any atom is 0.409 e. The highest BCUT2D eigenvalue weighted by molar-refractivity contribution is 7.97. The van der Waals surface area contributed by atoms with Gasteiger partial charge in [-0.05, 0) is 73.2 Å². The van der Waals surface area contributed by atoms with Crippen LogP contribution in [-0.4, -0.2) is 65.9 Å². The first-order valence-corrected chi connectivity index (χ1v) is 14.3. The molecule has 7 nitrogen and oxygen atoms in total. The van der Waals surface area contributed by atoms with Crippen LogP contribution in [0.1, 0.15) is 29.2 Å². The van der Waals surface area contributed by atoms with E-state index in [1.54, 1.807) is 16.8 Å². The number of amides is 2. The molecule has 8 heteroatoms. The van der Waals surface area contributed by atoms with Gasteiger partial charge in [-0.2, -0.15) is 0 Å². The number of ether oxygens (including phenoxy) is 1. The van der Waals surface area contributed by atoms with Gasteiger partial charge in [0.05, 0.1) is 6.61 Å². The smallest absolute Gasteiger partial charge is 0.409 e. The molecule has 0 aromatic heterocycles. The topological polar surface area (TPSA) is 65.1 Å². The lowest BCUT2D eigenvalue weighted by atomic mass is 9.99. The van der Waals surface area contributed by atoms with Crippen LogP contribution in [0.3, 0.4) is 0 Å². The Morgan fingerprint density at radius 2 is 1.62 bits per heavy atom. The third-order valence-corrected chi connectivity index (χ3v) is 7.92. The maximum absolute atomic E-state index is 11.6. The molecule has 5 rings (SSSR count). The highest BCUT2D eigenvalue weighted by Crippen LogP contribution is 2.25. The predicted molar refractivity (Wildman–Crippen MR) is 158 cm³/mol. The second-order valence-corrected chi connectivity index (χ2v) is 10.9. The number of hydrogen-bond acceptors (Lipinski definition) is 6. The van der Waals surface area contributed by atoms with Crippen LogP contribution < -0.4 is 5.32 Å². The Hall–Kier alpha value is -3.33. The van der Waals surface area contributed by atoms with Gasteiger partial charge in [0, 0.05) is 56.4 Å². The molecule has 0 atom stereocenters. The first kappa shape index (κ1) is 28.7. The van der Waals surface area contributed by atoms with Gasteiger partial charge in [-0.15, -0.1) is 0 Å². The molecule has 0 radical (unpaired) electrons. The summed E-state index contributed by atoms with van der Waals surface area (Å²) in [6.07, 6.45) is 1.62. The van der Waals surface area contributed by atoms with Crippen molar-refractivity contribution < 1.29 is 14.3 Å². The maximum atomic E-state index is 11.6. The van der Waals surface area contributed by atoms with E-state index in [0.29, 0.717) is 26.1 Å². The van der Waals surface area contributed by atoms with Crippen molar-refractivity contribution in [2.45, 2.75) is 38.3 Å². The minimum absolute atomic E-state index is 0.230. The van der Waals surface area contributed by atoms with Crippen LogP contribution in [0.5, 0.6) is 0 Å². The zero-order chi connectivity index (χ0) is 27.5. The molecule has 1 saturated heterocycles. The van der Waals surface area contributed by atoms with Gasteiger partial charge in [0.15, 0.2) is 0 Å². The van der Waals surface area contributed by atoms with E-state index < -0.39 is 0 Å². The van der Waals surface area contributed by atoms with Crippen molar-refractivity contribution in [3.63, 3.8) is 0 Å². The van der Waals surface area contributed by atoms with E-state index in [1.807, 2.05) is 31.2 Å². The molecular formula is C31H38N4O3S. The van der Waals surface area contributed by atoms with Crippen molar-refractivity contribution in [1.29, 1.82) is 0 Å². The summed E-state index contributed by atoms with van der Waals surface area (Å²) in [5.41, 5.74) is 6.55. The summed E-state index contributed by atoms with van der Waals surface area (Å²) in [4.78, 5) is 27.3. The fraction of sp³-hybridized carbons (Fsp3) is 0.355. The van der Waals surface area contributed by atoms with Crippen molar-refractivity contribution in [3.8, 4) is 0 Å². The Morgan fingerprint density at radius 1 is 0.923 bits per heavy atom. The third-order valence-electron chi connectivity index (χ3n) is 6.82. The molecule has 2 aliphatic rings. The summed E-state index contributed by atoms with van der Waals surface area (Å²) in [5, 5.41) is 2.61. The molecule has 1 N–H and O–H groups in total. The monoisotopic (exact) mass is 546 g/mol. The van der Waals surface area contributed by atoms with Crippen molar-refractivity contribution in [3.05, 3.63) is 95.1 Å². The lowest BCUT2D eigenvalue weighted by molar-refractivity contribution is -0.105. The first-order valence-electron chi connectivity index (χ1n) is 13.5. The number of anilines is 1. The summed E-state index contributed by atoms with van der Waals surface area (Å²) in [6.45, 7) is 10.6. The number of carbonyl (C=O) groups is 2. The average Bonchev–Trinajstić information content (AvgIpc) is 2.96. The van der Waals surface area contributed by atoms with E-state index >= 15 is 0 Å². The van der Waals surface area contributed by atoms with Gasteiger partial charge in [-0.25, -0.2) is 9.10 Å². The van der Waals surface area contributed by atoms with E-state index in [0.717, 1.165) is 36.8 Å². The summed E-state index contributed by atoms with van der Waals surface area (Å²) in [6, 6.07) is 25.4. The van der Waals surface area contributed by atoms with Crippen LogP contribution in [0, 0.1) is 6.92 Å². The van der Waals surface area contributed by atoms with Gasteiger partial charge in [0.1, 0.15) is 0 Å². The fourth-order valence-corrected chi connectivity index (χ4v) is 5.55. The van der Waals surface area contributed by atoms with Crippen LogP contribution in [-0.2, 0) is 29.0 Å². The Morgan fingerprint density at radius 3 is 2.28 bits per heavy atom. The number of nitrogens with zero attached hydrogens (tertiary/aromatic N) is 3. The lowest BCUT2D eigenvalue weighted by Gasteiger charge is -2.33. The Balaban J connectivity index is 0.000000183. The third kappa shape index (κ3) is 8.85. The highest BCUT2D eigenvalue weighted by Gasteiger charge is 2.22. The SMILES string of the molecule is CCOC(=O)N1CCN(Sc2ccc(NC=O)cc2)CC1.Cc1ccc(CN2CCc3ccccc3C2)cc1. The molecule has 2 aliphatic heterocycles. The fourth-order valence-electron chi connectivity index (χ4n) is 4.65. The number of hydrogen-bond donors (Lipinski definition) is 1. The van der Waals surface area contributed by atoms with Crippen molar-refractivity contribution in [2.75, 3.05) is 44.6 Å². The van der Waals surface area contributed by atoms with Gasteiger partial charge < -0.3 is 15.0 Å². The lowest BCUT2D eigenvalue weighted by Crippen LogP contribution is -2.46. The molecule has 0 aliphatic carbocycles. The second-order valence-electron chi connectivity index (χ2n) is 9.71. The highest BCUT2D eigenvalue weighted by atomic mass is 32.2. The summed E-state index contributed by atoms with van der Waals surface area (Å²) in [7, 11) is 0. The summed E-state index contributed by atoms with van der Waals surface area (Å²) >= 11 is 1.66. The minimum atomic E-state index is -0.230. The average molecular weight is 547 g/mol. The number of aryl methyl sites for hydroxylation is 1. The molecule has 0 bridgehead atoms. The molecule has 2 heterocycles. The van der Waals surface area contributed by atoms with Gasteiger partial charge in [0.2, 0.25) is 6.41 Å². The molecule has 39 heavy (non-hydrogen) atoms. The number of rotatable bonds is 7. The van der Waals surface area contributed by atoms with E-state index in [4.69, 9.17) is 4.74 Å². The van der Waals surface area contributed by atoms with Crippen molar-refractivity contribution >= 4 is 30.1 Å². The van der Waals surface area contributed by atoms with Crippen LogP contribution in [0.15, 0.2) is 77.7 Å². The number of piperazine rings is 1. The molecule has 0 spiro atoms. The second kappa shape index (κ2) is 14.7. The number of nitrogens with one attached hydrogen (secondary N) is 1. The molecule has 0 unspecified atom stereocenters. The Kier molecular flexibility index (Phi) is 10.8. The first-order chi connectivity index (χ1) is 19.0. The zero-order valence-corrected chi connectivity index (χ0v) is 23.7. The minimum Gasteiger partial charge on any atom is -0.450 e. The van der Waals surface area contributed by atoms with Crippen molar-refractivity contribution in [1.82, 2.24) is 14.1 Å². The van der Waals surface area contributed by atoms with E-state index in [9.17, 15) is 9.59 Å². The normalized spacial score (nSPS) is 15.5. The van der Waals surface area contributed by atoms with Gasteiger partial charge in [-0.3, -0.25) is 9.69 Å². The van der Waals surface area contributed by atoms with E-state index in [-0.39, 0.29) is 6.09 Å². The van der Waals surface area contributed by atoms with Gasteiger partial charge in [0.25, 0.3) is 0 Å². The predicted octanol–water partition coefficient (Wildman–Crippen LogP) is 5.59. The van der Waals surface area contributed by atoms with Crippen LogP contribution >= 0.6 is 11.9 Å². The van der Waals surface area contributed by atoms with E-state index in [1.165, 1.54) is 35.2 Å². The van der Waals surface area contributed by atoms with Gasteiger partial charge >= 0.3 is 6.09 Å². The van der Waals surface area contributed by atoms with E-state index in [2.05, 4.69) is 70.0 Å². The van der Waals surface area contributed by atoms with Gasteiger partial charge in [-0.1, -0.05) is 54.1 Å². The molecule has 2 amide bonds. The van der Waals surface area contributed by atoms with Crippen LogP contribution in [0.2, 0.25) is 0 Å². The van der Waals surface area contributed by atoms with Crippen LogP contribution in [0.4, 0.5) is 10.5 Å². The Bertz CT molecular complexity index is 1200. The van der Waals surface area contributed by atoms with Crippen LogP contribution in [0.25, 0.3) is 0 Å².